The molecule has 1 saturated heterocycles. The van der Waals surface area contributed by atoms with Crippen LogP contribution in [0.4, 0.5) is 10.5 Å². The lowest BCUT2D eigenvalue weighted by molar-refractivity contribution is 0.0497. The van der Waals surface area contributed by atoms with Gasteiger partial charge in [0.1, 0.15) is 5.60 Å². The third-order valence-corrected chi connectivity index (χ3v) is 4.86. The van der Waals surface area contributed by atoms with E-state index in [2.05, 4.69) is 36.1 Å². The summed E-state index contributed by atoms with van der Waals surface area (Å²) in [6.45, 7) is 7.14. The molecule has 0 aromatic carbocycles. The van der Waals surface area contributed by atoms with E-state index in [0.717, 1.165) is 41.5 Å². The van der Waals surface area contributed by atoms with Crippen LogP contribution in [0.3, 0.4) is 0 Å². The maximum atomic E-state index is 12.0. The summed E-state index contributed by atoms with van der Waals surface area (Å²) in [5.41, 5.74) is 1.12. The van der Waals surface area contributed by atoms with E-state index >= 15 is 0 Å². The molecule has 0 radical (unpaired) electrons. The first kappa shape index (κ1) is 19.2. The van der Waals surface area contributed by atoms with Crippen LogP contribution in [0.1, 0.15) is 33.6 Å². The smallest absolute Gasteiger partial charge is 0.407 e. The highest BCUT2D eigenvalue weighted by atomic mass is 79.9. The fourth-order valence-electron chi connectivity index (χ4n) is 3.06. The van der Waals surface area contributed by atoms with Crippen LogP contribution in [-0.2, 0) is 4.74 Å². The van der Waals surface area contributed by atoms with Crippen molar-refractivity contribution in [2.45, 2.75) is 45.3 Å². The average Bonchev–Trinajstić information content (AvgIpc) is 2.54. The van der Waals surface area contributed by atoms with E-state index in [0.29, 0.717) is 10.7 Å². The highest BCUT2D eigenvalue weighted by Crippen LogP contribution is 2.35. The molecule has 0 saturated carbocycles. The van der Waals surface area contributed by atoms with Crippen molar-refractivity contribution in [3.05, 3.63) is 28.0 Å². The molecule has 2 aromatic rings. The van der Waals surface area contributed by atoms with Gasteiger partial charge >= 0.3 is 6.09 Å². The molecule has 0 bridgehead atoms. The summed E-state index contributed by atoms with van der Waals surface area (Å²) >= 11 is 9.91. The van der Waals surface area contributed by atoms with Crippen LogP contribution in [0.15, 0.2) is 22.9 Å². The number of ether oxygens (including phenoxy) is 1. The van der Waals surface area contributed by atoms with E-state index in [1.807, 2.05) is 26.8 Å². The van der Waals surface area contributed by atoms with Crippen LogP contribution in [-0.4, -0.2) is 40.8 Å². The van der Waals surface area contributed by atoms with Gasteiger partial charge in [0.15, 0.2) is 5.65 Å². The minimum Gasteiger partial charge on any atom is -0.444 e. The predicted molar refractivity (Wildman–Crippen MR) is 107 cm³/mol. The van der Waals surface area contributed by atoms with Gasteiger partial charge in [-0.3, -0.25) is 0 Å². The number of piperidine rings is 1. The zero-order chi connectivity index (χ0) is 18.9. The van der Waals surface area contributed by atoms with Crippen molar-refractivity contribution in [2.24, 2.45) is 0 Å². The van der Waals surface area contributed by atoms with Crippen molar-refractivity contribution in [2.75, 3.05) is 18.0 Å². The second-order valence-electron chi connectivity index (χ2n) is 7.39. The minimum absolute atomic E-state index is 0.0952. The summed E-state index contributed by atoms with van der Waals surface area (Å²) in [5.74, 6) is 0. The molecule has 0 aliphatic carbocycles. The molecule has 1 aliphatic rings. The molecule has 0 unspecified atom stereocenters. The number of hydrogen-bond donors (Lipinski definition) is 1. The Kier molecular flexibility index (Phi) is 5.58. The van der Waals surface area contributed by atoms with Gasteiger partial charge in [-0.15, -0.1) is 0 Å². The first-order valence-electron chi connectivity index (χ1n) is 8.57. The standard InChI is InChI=1S/C18H22BrClN4O2/c1-18(2,3)26-17(25)23-12-4-6-24(7-5-12)15-13-8-11(19)9-21-16(13)22-10-14(15)20/h8-10,12H,4-7H2,1-3H3,(H,23,25). The third-order valence-electron chi connectivity index (χ3n) is 4.15. The van der Waals surface area contributed by atoms with Crippen molar-refractivity contribution in [1.82, 2.24) is 15.3 Å². The number of carbonyl (C=O) groups excluding carboxylic acids is 1. The molecular weight excluding hydrogens is 420 g/mol. The van der Waals surface area contributed by atoms with Gasteiger partial charge in [0, 0.05) is 35.2 Å². The second-order valence-corrected chi connectivity index (χ2v) is 8.71. The van der Waals surface area contributed by atoms with Crippen molar-refractivity contribution in [3.63, 3.8) is 0 Å². The van der Waals surface area contributed by atoms with Crippen LogP contribution in [0.5, 0.6) is 0 Å². The Hall–Kier alpha value is -1.60. The van der Waals surface area contributed by atoms with E-state index < -0.39 is 5.60 Å². The zero-order valence-corrected chi connectivity index (χ0v) is 17.4. The average molecular weight is 442 g/mol. The number of anilines is 1. The topological polar surface area (TPSA) is 67.3 Å². The van der Waals surface area contributed by atoms with Gasteiger partial charge in [0.2, 0.25) is 0 Å². The number of halogens is 2. The first-order chi connectivity index (χ1) is 12.2. The number of alkyl carbamates (subject to hydrolysis) is 1. The van der Waals surface area contributed by atoms with Crippen LogP contribution >= 0.6 is 27.5 Å². The largest absolute Gasteiger partial charge is 0.444 e. The number of nitrogens with zero attached hydrogens (tertiary/aromatic N) is 3. The van der Waals surface area contributed by atoms with Crippen molar-refractivity contribution < 1.29 is 9.53 Å². The van der Waals surface area contributed by atoms with E-state index in [4.69, 9.17) is 16.3 Å². The van der Waals surface area contributed by atoms with Gasteiger partial charge in [-0.1, -0.05) is 11.6 Å². The molecule has 1 N–H and O–H groups in total. The van der Waals surface area contributed by atoms with Crippen molar-refractivity contribution >= 4 is 50.3 Å². The van der Waals surface area contributed by atoms with Gasteiger partial charge in [0.05, 0.1) is 16.9 Å². The van der Waals surface area contributed by atoms with E-state index in [1.54, 1.807) is 12.4 Å². The summed E-state index contributed by atoms with van der Waals surface area (Å²) in [5, 5.41) is 4.48. The zero-order valence-electron chi connectivity index (χ0n) is 15.1. The Morgan fingerprint density at radius 1 is 1.31 bits per heavy atom. The van der Waals surface area contributed by atoms with Gasteiger partial charge in [-0.2, -0.15) is 0 Å². The summed E-state index contributed by atoms with van der Waals surface area (Å²) in [6.07, 6.45) is 4.65. The molecule has 2 aromatic heterocycles. The normalized spacial score (nSPS) is 16.0. The molecule has 1 aliphatic heterocycles. The molecule has 26 heavy (non-hydrogen) atoms. The van der Waals surface area contributed by atoms with Crippen molar-refractivity contribution in [1.29, 1.82) is 0 Å². The lowest BCUT2D eigenvalue weighted by Crippen LogP contribution is -2.46. The maximum Gasteiger partial charge on any atom is 0.407 e. The molecule has 1 fully saturated rings. The molecule has 3 heterocycles. The highest BCUT2D eigenvalue weighted by Gasteiger charge is 2.25. The van der Waals surface area contributed by atoms with Gasteiger partial charge in [-0.25, -0.2) is 14.8 Å². The second kappa shape index (κ2) is 7.56. The van der Waals surface area contributed by atoms with Crippen LogP contribution in [0.2, 0.25) is 5.02 Å². The summed E-state index contributed by atoms with van der Waals surface area (Å²) in [6, 6.07) is 2.08. The Morgan fingerprint density at radius 2 is 1.96 bits per heavy atom. The van der Waals surface area contributed by atoms with Crippen LogP contribution in [0, 0.1) is 0 Å². The predicted octanol–water partition coefficient (Wildman–Crippen LogP) is 4.54. The number of amides is 1. The Morgan fingerprint density at radius 3 is 2.62 bits per heavy atom. The quantitative estimate of drug-likeness (QED) is 0.741. The van der Waals surface area contributed by atoms with E-state index in [-0.39, 0.29) is 12.1 Å². The molecule has 6 nitrogen and oxygen atoms in total. The maximum absolute atomic E-state index is 12.0. The number of fused-ring (bicyclic) bond motifs is 1. The summed E-state index contributed by atoms with van der Waals surface area (Å²) in [4.78, 5) is 22.8. The minimum atomic E-state index is -0.491. The van der Waals surface area contributed by atoms with Crippen molar-refractivity contribution in [3.8, 4) is 0 Å². The number of rotatable bonds is 2. The molecular formula is C18H22BrClN4O2. The van der Waals surface area contributed by atoms with E-state index in [1.165, 1.54) is 0 Å². The first-order valence-corrected chi connectivity index (χ1v) is 9.74. The number of aromatic nitrogens is 2. The van der Waals surface area contributed by atoms with Crippen LogP contribution < -0.4 is 10.2 Å². The highest BCUT2D eigenvalue weighted by molar-refractivity contribution is 9.10. The summed E-state index contributed by atoms with van der Waals surface area (Å²) < 4.78 is 6.22. The van der Waals surface area contributed by atoms with Gasteiger partial charge < -0.3 is 15.0 Å². The SMILES string of the molecule is CC(C)(C)OC(=O)NC1CCN(c2c(Cl)cnc3ncc(Br)cc23)CC1. The number of pyridine rings is 2. The Bertz CT molecular complexity index is 811. The van der Waals surface area contributed by atoms with Gasteiger partial charge in [-0.05, 0) is 55.6 Å². The fraction of sp³-hybridized carbons (Fsp3) is 0.500. The van der Waals surface area contributed by atoms with Crippen LogP contribution in [0.25, 0.3) is 11.0 Å². The number of hydrogen-bond acceptors (Lipinski definition) is 5. The van der Waals surface area contributed by atoms with Gasteiger partial charge in [0.25, 0.3) is 0 Å². The summed E-state index contributed by atoms with van der Waals surface area (Å²) in [7, 11) is 0. The Labute approximate surface area is 166 Å². The molecule has 0 atom stereocenters. The molecule has 0 spiro atoms. The molecule has 3 rings (SSSR count). The van der Waals surface area contributed by atoms with E-state index in [9.17, 15) is 4.79 Å². The lowest BCUT2D eigenvalue weighted by Gasteiger charge is -2.35. The number of nitrogens with one attached hydrogen (secondary N) is 1. The molecule has 140 valence electrons. The lowest BCUT2D eigenvalue weighted by atomic mass is 10.0. The molecule has 1 amide bonds. The number of carbonyl (C=O) groups is 1. The monoisotopic (exact) mass is 440 g/mol. The fourth-order valence-corrected chi connectivity index (χ4v) is 3.66. The molecule has 8 heteroatoms. The Balaban J connectivity index is 1.71. The third kappa shape index (κ3) is 4.57.